The minimum Gasteiger partial charge on any atom is -0.366 e. The van der Waals surface area contributed by atoms with Gasteiger partial charge in [0, 0.05) is 36.7 Å². The molecular formula is C27H22FN7O2. The van der Waals surface area contributed by atoms with E-state index >= 15 is 0 Å². The molecule has 4 N–H and O–H groups in total. The molecule has 0 spiro atoms. The first kappa shape index (κ1) is 23.6. The molecule has 0 aliphatic carbocycles. The number of hydrogen-bond acceptors (Lipinski definition) is 6. The lowest BCUT2D eigenvalue weighted by atomic mass is 10.0. The molecule has 10 heteroatoms. The monoisotopic (exact) mass is 495 g/mol. The number of imidazole rings is 1. The van der Waals surface area contributed by atoms with Crippen LogP contribution in [-0.4, -0.2) is 38.3 Å². The third kappa shape index (κ3) is 5.59. The highest BCUT2D eigenvalue weighted by molar-refractivity contribution is 6.34. The van der Waals surface area contributed by atoms with E-state index in [4.69, 9.17) is 0 Å². The van der Waals surface area contributed by atoms with E-state index in [1.54, 1.807) is 36.9 Å². The van der Waals surface area contributed by atoms with Gasteiger partial charge in [0.15, 0.2) is 0 Å². The number of pyridine rings is 2. The Kier molecular flexibility index (Phi) is 6.80. The highest BCUT2D eigenvalue weighted by Gasteiger charge is 2.24. The number of halogens is 1. The zero-order chi connectivity index (χ0) is 25.6. The van der Waals surface area contributed by atoms with Gasteiger partial charge in [0.1, 0.15) is 11.6 Å². The first-order valence-corrected chi connectivity index (χ1v) is 11.5. The highest BCUT2D eigenvalue weighted by atomic mass is 19.1. The number of amides is 2. The fourth-order valence-corrected chi connectivity index (χ4v) is 3.87. The van der Waals surface area contributed by atoms with Gasteiger partial charge in [-0.3, -0.25) is 14.6 Å². The lowest BCUT2D eigenvalue weighted by molar-refractivity contribution is -0.110. The number of nitrogens with one attached hydrogen (secondary N) is 4. The second-order valence-electron chi connectivity index (χ2n) is 8.20. The van der Waals surface area contributed by atoms with Gasteiger partial charge in [-0.1, -0.05) is 24.3 Å². The number of aromatic amines is 1. The summed E-state index contributed by atoms with van der Waals surface area (Å²) in [5.41, 5.74) is 4.73. The number of nitrogens with zero attached hydrogens (tertiary/aromatic N) is 3. The smallest absolute Gasteiger partial charge is 0.256 e. The van der Waals surface area contributed by atoms with E-state index in [-0.39, 0.29) is 18.4 Å². The van der Waals surface area contributed by atoms with Crippen molar-refractivity contribution in [1.29, 1.82) is 0 Å². The maximum Gasteiger partial charge on any atom is 0.256 e. The number of carbonyl (C=O) groups is 2. The lowest BCUT2D eigenvalue weighted by Gasteiger charge is -2.10. The number of carbonyl (C=O) groups excluding carboxylic acids is 2. The maximum atomic E-state index is 13.3. The second-order valence-corrected chi connectivity index (χ2v) is 8.20. The molecule has 4 aromatic rings. The summed E-state index contributed by atoms with van der Waals surface area (Å²) in [4.78, 5) is 40.1. The molecule has 9 nitrogen and oxygen atoms in total. The molecule has 0 fully saturated rings. The Balaban J connectivity index is 1.21. The Morgan fingerprint density at radius 3 is 2.86 bits per heavy atom. The molecule has 0 atom stereocenters. The van der Waals surface area contributed by atoms with Gasteiger partial charge in [0.25, 0.3) is 11.8 Å². The van der Waals surface area contributed by atoms with E-state index in [1.807, 2.05) is 30.4 Å². The molecule has 2 amide bonds. The van der Waals surface area contributed by atoms with Gasteiger partial charge in [-0.05, 0) is 41.5 Å². The van der Waals surface area contributed by atoms with Gasteiger partial charge in [-0.25, -0.2) is 14.4 Å². The standard InChI is InChI=1S/C27H22FN7O2/c28-19-9-18(12-29-14-19)13-33-26(36)22-4-2-8-32-25(22)31-7-1-3-17-5-6-21-23(11-20-15-30-16-34-20)27(37)35-24(21)10-17/h1-6,8-12,14-16H,7,13H2,(H,30,34)(H,31,32)(H,33,36)(H,35,37). The third-order valence-corrected chi connectivity index (χ3v) is 5.61. The van der Waals surface area contributed by atoms with E-state index in [2.05, 4.69) is 35.9 Å². The molecule has 3 aromatic heterocycles. The van der Waals surface area contributed by atoms with Crippen molar-refractivity contribution in [2.75, 3.05) is 17.2 Å². The van der Waals surface area contributed by atoms with Crippen LogP contribution in [0.1, 0.15) is 32.7 Å². The van der Waals surface area contributed by atoms with Crippen LogP contribution >= 0.6 is 0 Å². The van der Waals surface area contributed by atoms with Crippen LogP contribution < -0.4 is 16.0 Å². The van der Waals surface area contributed by atoms with Crippen molar-refractivity contribution >= 4 is 41.0 Å². The van der Waals surface area contributed by atoms with Crippen LogP contribution in [0.15, 0.2) is 73.6 Å². The van der Waals surface area contributed by atoms with Gasteiger partial charge in [-0.2, -0.15) is 0 Å². The molecule has 184 valence electrons. The van der Waals surface area contributed by atoms with E-state index in [9.17, 15) is 14.0 Å². The van der Waals surface area contributed by atoms with Crippen LogP contribution in [0.25, 0.3) is 17.7 Å². The molecule has 4 heterocycles. The minimum atomic E-state index is -0.459. The molecule has 0 radical (unpaired) electrons. The normalized spacial score (nSPS) is 13.5. The van der Waals surface area contributed by atoms with Crippen molar-refractivity contribution in [3.8, 4) is 0 Å². The molecule has 0 saturated heterocycles. The summed E-state index contributed by atoms with van der Waals surface area (Å²) in [6, 6.07) is 10.4. The molecule has 0 saturated carbocycles. The van der Waals surface area contributed by atoms with E-state index in [1.165, 1.54) is 12.3 Å². The largest absolute Gasteiger partial charge is 0.366 e. The van der Waals surface area contributed by atoms with Gasteiger partial charge < -0.3 is 20.9 Å². The van der Waals surface area contributed by atoms with Crippen molar-refractivity contribution in [3.63, 3.8) is 0 Å². The van der Waals surface area contributed by atoms with Gasteiger partial charge >= 0.3 is 0 Å². The predicted molar refractivity (Wildman–Crippen MR) is 139 cm³/mol. The number of H-pyrrole nitrogens is 1. The highest BCUT2D eigenvalue weighted by Crippen LogP contribution is 2.33. The van der Waals surface area contributed by atoms with Crippen LogP contribution in [0.2, 0.25) is 0 Å². The van der Waals surface area contributed by atoms with Crippen molar-refractivity contribution < 1.29 is 14.0 Å². The first-order chi connectivity index (χ1) is 18.1. The molecule has 1 aromatic carbocycles. The van der Waals surface area contributed by atoms with Gasteiger partial charge in [0.05, 0.1) is 35.6 Å². The minimum absolute atomic E-state index is 0.144. The molecule has 1 aliphatic heterocycles. The van der Waals surface area contributed by atoms with Crippen LogP contribution in [0.3, 0.4) is 0 Å². The Morgan fingerprint density at radius 2 is 2.03 bits per heavy atom. The molecule has 0 unspecified atom stereocenters. The number of hydrogen-bond donors (Lipinski definition) is 4. The molecule has 5 rings (SSSR count). The van der Waals surface area contributed by atoms with Crippen molar-refractivity contribution in [1.82, 2.24) is 25.3 Å². The molecule has 1 aliphatic rings. The van der Waals surface area contributed by atoms with E-state index in [0.717, 1.165) is 28.7 Å². The fourth-order valence-electron chi connectivity index (χ4n) is 3.87. The van der Waals surface area contributed by atoms with Crippen LogP contribution in [0.5, 0.6) is 0 Å². The topological polar surface area (TPSA) is 125 Å². The summed E-state index contributed by atoms with van der Waals surface area (Å²) >= 11 is 0. The Hall–Kier alpha value is -5.12. The molecule has 0 bridgehead atoms. The summed E-state index contributed by atoms with van der Waals surface area (Å²) in [7, 11) is 0. The Morgan fingerprint density at radius 1 is 1.11 bits per heavy atom. The number of fused-ring (bicyclic) bond motifs is 1. The van der Waals surface area contributed by atoms with Crippen LogP contribution in [-0.2, 0) is 11.3 Å². The molecular weight excluding hydrogens is 473 g/mol. The lowest BCUT2D eigenvalue weighted by Crippen LogP contribution is -2.24. The maximum absolute atomic E-state index is 13.3. The Bertz CT molecular complexity index is 1510. The quantitative estimate of drug-likeness (QED) is 0.275. The van der Waals surface area contributed by atoms with Crippen molar-refractivity contribution in [3.05, 3.63) is 107 Å². The zero-order valence-corrected chi connectivity index (χ0v) is 19.5. The third-order valence-electron chi connectivity index (χ3n) is 5.61. The Labute approximate surface area is 211 Å². The van der Waals surface area contributed by atoms with Crippen LogP contribution in [0, 0.1) is 5.82 Å². The van der Waals surface area contributed by atoms with Gasteiger partial charge in [0.2, 0.25) is 0 Å². The summed E-state index contributed by atoms with van der Waals surface area (Å²) in [6.07, 6.45) is 13.0. The summed E-state index contributed by atoms with van der Waals surface area (Å²) < 4.78 is 13.3. The summed E-state index contributed by atoms with van der Waals surface area (Å²) in [6.45, 7) is 0.561. The number of rotatable bonds is 8. The first-order valence-electron chi connectivity index (χ1n) is 11.5. The van der Waals surface area contributed by atoms with Crippen molar-refractivity contribution in [2.45, 2.75) is 6.54 Å². The number of aromatic nitrogens is 4. The average Bonchev–Trinajstić information content (AvgIpc) is 3.53. The van der Waals surface area contributed by atoms with Gasteiger partial charge in [-0.15, -0.1) is 0 Å². The second kappa shape index (κ2) is 10.6. The van der Waals surface area contributed by atoms with E-state index < -0.39 is 5.82 Å². The van der Waals surface area contributed by atoms with Crippen LogP contribution in [0.4, 0.5) is 15.9 Å². The summed E-state index contributed by atoms with van der Waals surface area (Å²) in [5, 5.41) is 8.79. The zero-order valence-electron chi connectivity index (χ0n) is 19.5. The number of anilines is 2. The van der Waals surface area contributed by atoms with Crippen molar-refractivity contribution in [2.24, 2.45) is 0 Å². The SMILES string of the molecule is O=C1Nc2cc(C=CCNc3ncccc3C(=O)NCc3cncc(F)c3)ccc2C1=Cc1cnc[nH]1. The molecule has 37 heavy (non-hydrogen) atoms. The average molecular weight is 496 g/mol. The summed E-state index contributed by atoms with van der Waals surface area (Å²) in [5.74, 6) is -0.532. The fraction of sp³-hybridized carbons (Fsp3) is 0.0741. The number of benzene rings is 1. The predicted octanol–water partition coefficient (Wildman–Crippen LogP) is 3.89. The van der Waals surface area contributed by atoms with E-state index in [0.29, 0.717) is 29.1 Å².